The minimum atomic E-state index is -0.477. The van der Waals surface area contributed by atoms with E-state index in [1.54, 1.807) is 13.0 Å². The molecule has 120 valence electrons. The largest absolute Gasteiger partial charge is 0.464 e. The SMILES string of the molecule is CCOC(=O)/C=C1/CCc2cc(Cl)cc3[nH]c(C(=O)OC)c1c23. The first kappa shape index (κ1) is 15.6. The summed E-state index contributed by atoms with van der Waals surface area (Å²) in [5, 5.41) is 1.52. The number of aromatic amines is 1. The Morgan fingerprint density at radius 1 is 1.35 bits per heavy atom. The van der Waals surface area contributed by atoms with Crippen molar-refractivity contribution in [3.05, 3.63) is 40.1 Å². The minimum Gasteiger partial charge on any atom is -0.464 e. The highest BCUT2D eigenvalue weighted by molar-refractivity contribution is 6.31. The van der Waals surface area contributed by atoms with Gasteiger partial charge in [-0.15, -0.1) is 0 Å². The summed E-state index contributed by atoms with van der Waals surface area (Å²) in [5.41, 5.74) is 3.62. The number of hydrogen-bond donors (Lipinski definition) is 1. The lowest BCUT2D eigenvalue weighted by Gasteiger charge is -2.17. The number of halogens is 1. The van der Waals surface area contributed by atoms with Crippen LogP contribution < -0.4 is 0 Å². The maximum atomic E-state index is 12.1. The summed E-state index contributed by atoms with van der Waals surface area (Å²) in [7, 11) is 1.33. The van der Waals surface area contributed by atoms with Crippen LogP contribution in [-0.4, -0.2) is 30.6 Å². The molecule has 3 rings (SSSR count). The molecule has 1 N–H and O–H groups in total. The van der Waals surface area contributed by atoms with E-state index in [-0.39, 0.29) is 0 Å². The Morgan fingerprint density at radius 2 is 2.13 bits per heavy atom. The summed E-state index contributed by atoms with van der Waals surface area (Å²) in [6.45, 7) is 2.06. The molecule has 6 heteroatoms. The number of H-pyrrole nitrogens is 1. The molecular weight excluding hydrogens is 318 g/mol. The number of benzene rings is 1. The van der Waals surface area contributed by atoms with Crippen molar-refractivity contribution in [2.45, 2.75) is 19.8 Å². The second-order valence-corrected chi connectivity index (χ2v) is 5.71. The van der Waals surface area contributed by atoms with Gasteiger partial charge >= 0.3 is 11.9 Å². The van der Waals surface area contributed by atoms with Crippen LogP contribution in [0.4, 0.5) is 0 Å². The zero-order valence-corrected chi connectivity index (χ0v) is 13.6. The number of nitrogens with one attached hydrogen (secondary N) is 1. The van der Waals surface area contributed by atoms with E-state index in [1.165, 1.54) is 13.2 Å². The van der Waals surface area contributed by atoms with Crippen molar-refractivity contribution < 1.29 is 19.1 Å². The first-order valence-corrected chi connectivity index (χ1v) is 7.73. The number of rotatable bonds is 3. The maximum Gasteiger partial charge on any atom is 0.355 e. The second-order valence-electron chi connectivity index (χ2n) is 5.28. The average Bonchev–Trinajstić information content (AvgIpc) is 2.90. The Morgan fingerprint density at radius 3 is 2.83 bits per heavy atom. The van der Waals surface area contributed by atoms with Gasteiger partial charge in [0.2, 0.25) is 0 Å². The number of methoxy groups -OCH3 is 1. The van der Waals surface area contributed by atoms with Crippen LogP contribution in [-0.2, 0) is 20.7 Å². The Hall–Kier alpha value is -2.27. The maximum absolute atomic E-state index is 12.1. The Balaban J connectivity index is 2.25. The normalized spacial score (nSPS) is 15.0. The van der Waals surface area contributed by atoms with Crippen molar-refractivity contribution in [1.82, 2.24) is 4.98 Å². The van der Waals surface area contributed by atoms with Crippen LogP contribution in [0.5, 0.6) is 0 Å². The Labute approximate surface area is 138 Å². The molecule has 0 saturated carbocycles. The van der Waals surface area contributed by atoms with Gasteiger partial charge in [0.15, 0.2) is 0 Å². The van der Waals surface area contributed by atoms with Crippen LogP contribution in [0.3, 0.4) is 0 Å². The average molecular weight is 334 g/mol. The van der Waals surface area contributed by atoms with Gasteiger partial charge in [-0.3, -0.25) is 0 Å². The molecule has 0 radical (unpaired) electrons. The summed E-state index contributed by atoms with van der Waals surface area (Å²) >= 11 is 6.14. The van der Waals surface area contributed by atoms with Crippen molar-refractivity contribution in [2.75, 3.05) is 13.7 Å². The molecule has 0 amide bonds. The van der Waals surface area contributed by atoms with E-state index in [9.17, 15) is 9.59 Å². The summed E-state index contributed by atoms with van der Waals surface area (Å²) in [5.74, 6) is -0.889. The lowest BCUT2D eigenvalue weighted by atomic mass is 9.87. The van der Waals surface area contributed by atoms with Crippen molar-refractivity contribution in [3.63, 3.8) is 0 Å². The fraction of sp³-hybridized carbons (Fsp3) is 0.294. The standard InChI is InChI=1S/C17H16ClNO4/c1-3-23-13(20)7-10-5-4-9-6-11(18)8-12-14(9)15(10)16(19-12)17(21)22-2/h6-8,19H,3-5H2,1-2H3/b10-7-. The van der Waals surface area contributed by atoms with E-state index in [0.29, 0.717) is 29.3 Å². The molecule has 0 aliphatic heterocycles. The number of hydrogen-bond acceptors (Lipinski definition) is 4. The fourth-order valence-electron chi connectivity index (χ4n) is 3.02. The highest BCUT2D eigenvalue weighted by atomic mass is 35.5. The van der Waals surface area contributed by atoms with E-state index < -0.39 is 11.9 Å². The Kier molecular flexibility index (Phi) is 4.13. The molecule has 1 heterocycles. The molecule has 5 nitrogen and oxygen atoms in total. The third-order valence-electron chi connectivity index (χ3n) is 3.90. The van der Waals surface area contributed by atoms with Crippen LogP contribution in [0.15, 0.2) is 18.2 Å². The third kappa shape index (κ3) is 2.72. The van der Waals surface area contributed by atoms with Gasteiger partial charge in [-0.05, 0) is 43.0 Å². The van der Waals surface area contributed by atoms with E-state index in [2.05, 4.69) is 4.98 Å². The van der Waals surface area contributed by atoms with E-state index in [0.717, 1.165) is 28.5 Å². The summed E-state index contributed by atoms with van der Waals surface area (Å²) < 4.78 is 9.84. The molecule has 0 saturated heterocycles. The topological polar surface area (TPSA) is 68.4 Å². The molecule has 0 bridgehead atoms. The van der Waals surface area contributed by atoms with Crippen molar-refractivity contribution >= 4 is 40.0 Å². The first-order chi connectivity index (χ1) is 11.0. The van der Waals surface area contributed by atoms with Gasteiger partial charge in [0.1, 0.15) is 5.69 Å². The number of carbonyl (C=O) groups is 2. The number of ether oxygens (including phenoxy) is 2. The number of esters is 2. The van der Waals surface area contributed by atoms with Gasteiger partial charge in [0.05, 0.1) is 13.7 Å². The number of allylic oxidation sites excluding steroid dienone is 1. The van der Waals surface area contributed by atoms with Crippen molar-refractivity contribution in [1.29, 1.82) is 0 Å². The zero-order chi connectivity index (χ0) is 16.6. The van der Waals surface area contributed by atoms with Gasteiger partial charge in [0.25, 0.3) is 0 Å². The molecule has 2 aromatic rings. The van der Waals surface area contributed by atoms with Crippen molar-refractivity contribution in [3.8, 4) is 0 Å². The molecule has 1 aromatic heterocycles. The molecule has 0 spiro atoms. The smallest absolute Gasteiger partial charge is 0.355 e. The molecule has 0 atom stereocenters. The predicted octanol–water partition coefficient (Wildman–Crippen LogP) is 3.50. The number of aryl methyl sites for hydroxylation is 1. The molecule has 0 unspecified atom stereocenters. The number of aromatic nitrogens is 1. The lowest BCUT2D eigenvalue weighted by Crippen LogP contribution is -2.09. The molecule has 1 aromatic carbocycles. The first-order valence-electron chi connectivity index (χ1n) is 7.35. The van der Waals surface area contributed by atoms with Gasteiger partial charge in [-0.1, -0.05) is 11.6 Å². The van der Waals surface area contributed by atoms with Crippen LogP contribution >= 0.6 is 11.6 Å². The fourth-order valence-corrected chi connectivity index (χ4v) is 3.26. The minimum absolute atomic E-state index is 0.307. The van der Waals surface area contributed by atoms with Crippen LogP contribution in [0.2, 0.25) is 5.02 Å². The van der Waals surface area contributed by atoms with Crippen LogP contribution in [0.25, 0.3) is 16.5 Å². The van der Waals surface area contributed by atoms with Crippen molar-refractivity contribution in [2.24, 2.45) is 0 Å². The third-order valence-corrected chi connectivity index (χ3v) is 4.12. The molecule has 1 aliphatic carbocycles. The summed E-state index contributed by atoms with van der Waals surface area (Å²) in [6.07, 6.45) is 2.83. The summed E-state index contributed by atoms with van der Waals surface area (Å²) in [6, 6.07) is 3.66. The second kappa shape index (κ2) is 6.08. The van der Waals surface area contributed by atoms with Gasteiger partial charge < -0.3 is 14.5 Å². The monoisotopic (exact) mass is 333 g/mol. The van der Waals surface area contributed by atoms with Gasteiger partial charge in [-0.25, -0.2) is 9.59 Å². The number of carbonyl (C=O) groups excluding carboxylic acids is 2. The van der Waals surface area contributed by atoms with E-state index in [1.807, 2.05) is 6.07 Å². The molecular formula is C17H16ClNO4. The quantitative estimate of drug-likeness (QED) is 0.689. The van der Waals surface area contributed by atoms with E-state index in [4.69, 9.17) is 21.1 Å². The molecule has 0 fully saturated rings. The Bertz CT molecular complexity index is 835. The lowest BCUT2D eigenvalue weighted by molar-refractivity contribution is -0.137. The van der Waals surface area contributed by atoms with Crippen LogP contribution in [0.1, 0.15) is 35.0 Å². The van der Waals surface area contributed by atoms with Gasteiger partial charge in [-0.2, -0.15) is 0 Å². The predicted molar refractivity (Wildman–Crippen MR) is 87.6 cm³/mol. The zero-order valence-electron chi connectivity index (χ0n) is 12.9. The van der Waals surface area contributed by atoms with Gasteiger partial charge in [0, 0.05) is 27.6 Å². The van der Waals surface area contributed by atoms with Crippen LogP contribution in [0, 0.1) is 0 Å². The highest BCUT2D eigenvalue weighted by Gasteiger charge is 2.27. The van der Waals surface area contributed by atoms with E-state index >= 15 is 0 Å². The molecule has 23 heavy (non-hydrogen) atoms. The summed E-state index contributed by atoms with van der Waals surface area (Å²) in [4.78, 5) is 27.0. The molecule has 1 aliphatic rings. The highest BCUT2D eigenvalue weighted by Crippen LogP contribution is 2.40.